The molecular formula is C17H22F2N6O. The maximum absolute atomic E-state index is 13.3. The van der Waals surface area contributed by atoms with Crippen molar-refractivity contribution in [1.82, 2.24) is 24.8 Å². The van der Waals surface area contributed by atoms with Crippen LogP contribution in [0.4, 0.5) is 13.6 Å². The highest BCUT2D eigenvalue weighted by Gasteiger charge is 2.37. The number of rotatable bonds is 4. The summed E-state index contributed by atoms with van der Waals surface area (Å²) >= 11 is 0. The molecule has 1 atom stereocenters. The van der Waals surface area contributed by atoms with Gasteiger partial charge >= 0.3 is 6.03 Å². The average molecular weight is 364 g/mol. The zero-order valence-electron chi connectivity index (χ0n) is 14.4. The zero-order chi connectivity index (χ0) is 18.3. The predicted molar refractivity (Wildman–Crippen MR) is 90.6 cm³/mol. The summed E-state index contributed by atoms with van der Waals surface area (Å²) in [6, 6.07) is 1.43. The molecule has 2 aromatic rings. The topological polar surface area (TPSA) is 88.5 Å². The van der Waals surface area contributed by atoms with E-state index in [0.29, 0.717) is 43.8 Å². The maximum atomic E-state index is 13.3. The number of hydrogen-bond donors (Lipinski definition) is 2. The lowest BCUT2D eigenvalue weighted by molar-refractivity contribution is -0.0484. The Bertz CT molecular complexity index is 813. The Morgan fingerprint density at radius 3 is 2.85 bits per heavy atom. The SMILES string of the molecule is N[C@H](c1cn2ncc(CN3CCNC3=O)cc2n1)C1CCC(F)(F)CC1. The molecule has 2 amide bonds. The summed E-state index contributed by atoms with van der Waals surface area (Å²) in [4.78, 5) is 17.9. The van der Waals surface area contributed by atoms with Crippen LogP contribution in [0.25, 0.3) is 5.65 Å². The number of aromatic nitrogens is 3. The van der Waals surface area contributed by atoms with Crippen molar-refractivity contribution in [3.63, 3.8) is 0 Å². The Hall–Kier alpha value is -2.29. The van der Waals surface area contributed by atoms with E-state index in [1.54, 1.807) is 21.8 Å². The summed E-state index contributed by atoms with van der Waals surface area (Å²) in [5.41, 5.74) is 8.50. The molecule has 26 heavy (non-hydrogen) atoms. The van der Waals surface area contributed by atoms with E-state index in [1.807, 2.05) is 6.07 Å². The number of hydrogen-bond acceptors (Lipinski definition) is 4. The monoisotopic (exact) mass is 364 g/mol. The van der Waals surface area contributed by atoms with E-state index >= 15 is 0 Å². The molecule has 1 saturated heterocycles. The Labute approximate surface area is 149 Å². The van der Waals surface area contributed by atoms with Crippen molar-refractivity contribution >= 4 is 11.7 Å². The first kappa shape index (κ1) is 17.1. The van der Waals surface area contributed by atoms with Gasteiger partial charge in [0.1, 0.15) is 0 Å². The summed E-state index contributed by atoms with van der Waals surface area (Å²) in [5.74, 6) is -2.56. The first-order valence-electron chi connectivity index (χ1n) is 8.92. The van der Waals surface area contributed by atoms with E-state index in [1.165, 1.54) is 0 Å². The van der Waals surface area contributed by atoms with Crippen molar-refractivity contribution < 1.29 is 13.6 Å². The molecule has 4 rings (SSSR count). The van der Waals surface area contributed by atoms with Gasteiger partial charge in [-0.25, -0.2) is 23.1 Å². The average Bonchev–Trinajstić information content (AvgIpc) is 3.20. The quantitative estimate of drug-likeness (QED) is 0.869. The third-order valence-corrected chi connectivity index (χ3v) is 5.33. The van der Waals surface area contributed by atoms with Crippen molar-refractivity contribution in [3.8, 4) is 0 Å². The van der Waals surface area contributed by atoms with Crippen molar-refractivity contribution in [2.24, 2.45) is 11.7 Å². The van der Waals surface area contributed by atoms with Crippen molar-refractivity contribution in [3.05, 3.63) is 29.7 Å². The van der Waals surface area contributed by atoms with Crippen LogP contribution in [0.2, 0.25) is 0 Å². The second-order valence-electron chi connectivity index (χ2n) is 7.21. The molecule has 0 unspecified atom stereocenters. The fraction of sp³-hybridized carbons (Fsp3) is 0.588. The Kier molecular flexibility index (Phi) is 4.26. The molecule has 2 aromatic heterocycles. The molecule has 1 saturated carbocycles. The van der Waals surface area contributed by atoms with Gasteiger partial charge in [-0.1, -0.05) is 0 Å². The van der Waals surface area contributed by atoms with Crippen molar-refractivity contribution in [1.29, 1.82) is 0 Å². The highest BCUT2D eigenvalue weighted by atomic mass is 19.3. The van der Waals surface area contributed by atoms with Crippen LogP contribution in [0.5, 0.6) is 0 Å². The van der Waals surface area contributed by atoms with Crippen molar-refractivity contribution in [2.75, 3.05) is 13.1 Å². The molecule has 2 aliphatic rings. The lowest BCUT2D eigenvalue weighted by Crippen LogP contribution is -2.31. The highest BCUT2D eigenvalue weighted by Crippen LogP contribution is 2.40. The van der Waals surface area contributed by atoms with Crippen LogP contribution in [-0.4, -0.2) is 44.5 Å². The minimum atomic E-state index is -2.56. The van der Waals surface area contributed by atoms with E-state index < -0.39 is 5.92 Å². The number of nitrogens with zero attached hydrogens (tertiary/aromatic N) is 4. The number of carbonyl (C=O) groups excluding carboxylic acids is 1. The molecule has 0 aromatic carbocycles. The van der Waals surface area contributed by atoms with E-state index in [9.17, 15) is 13.6 Å². The first-order chi connectivity index (χ1) is 12.4. The van der Waals surface area contributed by atoms with Crippen LogP contribution in [0.3, 0.4) is 0 Å². The largest absolute Gasteiger partial charge is 0.336 e. The minimum absolute atomic E-state index is 0.00676. The van der Waals surface area contributed by atoms with Gasteiger partial charge in [0.25, 0.3) is 0 Å². The van der Waals surface area contributed by atoms with E-state index in [0.717, 1.165) is 5.56 Å². The molecule has 0 spiro atoms. The lowest BCUT2D eigenvalue weighted by atomic mass is 9.81. The predicted octanol–water partition coefficient (Wildman–Crippen LogP) is 2.08. The smallest absolute Gasteiger partial charge is 0.317 e. The number of fused-ring (bicyclic) bond motifs is 1. The second kappa shape index (κ2) is 6.46. The Balaban J connectivity index is 1.49. The first-order valence-corrected chi connectivity index (χ1v) is 8.92. The van der Waals surface area contributed by atoms with Gasteiger partial charge < -0.3 is 16.0 Å². The number of amides is 2. The number of halogens is 2. The van der Waals surface area contributed by atoms with Gasteiger partial charge in [-0.15, -0.1) is 0 Å². The molecular weight excluding hydrogens is 342 g/mol. The van der Waals surface area contributed by atoms with Gasteiger partial charge in [-0.2, -0.15) is 5.10 Å². The van der Waals surface area contributed by atoms with Gasteiger partial charge in [-0.3, -0.25) is 0 Å². The van der Waals surface area contributed by atoms with Gasteiger partial charge in [0.15, 0.2) is 5.65 Å². The Morgan fingerprint density at radius 1 is 1.38 bits per heavy atom. The van der Waals surface area contributed by atoms with Gasteiger partial charge in [0.2, 0.25) is 5.92 Å². The molecule has 0 bridgehead atoms. The summed E-state index contributed by atoms with van der Waals surface area (Å²) in [5, 5.41) is 7.10. The van der Waals surface area contributed by atoms with Gasteiger partial charge in [-0.05, 0) is 30.4 Å². The number of nitrogens with two attached hydrogens (primary N) is 1. The Morgan fingerprint density at radius 2 is 2.15 bits per heavy atom. The zero-order valence-corrected chi connectivity index (χ0v) is 14.4. The molecule has 3 heterocycles. The molecule has 140 valence electrons. The molecule has 9 heteroatoms. The van der Waals surface area contributed by atoms with Crippen LogP contribution in [0.15, 0.2) is 18.5 Å². The van der Waals surface area contributed by atoms with Crippen LogP contribution < -0.4 is 11.1 Å². The third kappa shape index (κ3) is 3.35. The van der Waals surface area contributed by atoms with Crippen LogP contribution >= 0.6 is 0 Å². The number of carbonyl (C=O) groups is 1. The molecule has 2 fully saturated rings. The van der Waals surface area contributed by atoms with Crippen molar-refractivity contribution in [2.45, 2.75) is 44.2 Å². The summed E-state index contributed by atoms with van der Waals surface area (Å²) < 4.78 is 28.3. The van der Waals surface area contributed by atoms with Gasteiger partial charge in [0.05, 0.1) is 24.1 Å². The number of urea groups is 1. The van der Waals surface area contributed by atoms with Gasteiger partial charge in [0, 0.05) is 32.5 Å². The normalized spacial score (nSPS) is 22.0. The summed E-state index contributed by atoms with van der Waals surface area (Å²) in [6.07, 6.45) is 4.06. The fourth-order valence-corrected chi connectivity index (χ4v) is 3.73. The van der Waals surface area contributed by atoms with Crippen LogP contribution in [-0.2, 0) is 6.54 Å². The fourth-order valence-electron chi connectivity index (χ4n) is 3.73. The third-order valence-electron chi connectivity index (χ3n) is 5.33. The molecule has 7 nitrogen and oxygen atoms in total. The molecule has 1 aliphatic heterocycles. The highest BCUT2D eigenvalue weighted by molar-refractivity contribution is 5.76. The lowest BCUT2D eigenvalue weighted by Gasteiger charge is -2.31. The molecule has 3 N–H and O–H groups in total. The number of imidazole rings is 1. The van der Waals surface area contributed by atoms with Crippen LogP contribution in [0.1, 0.15) is 43.0 Å². The number of alkyl halides is 2. The van der Waals surface area contributed by atoms with E-state index in [4.69, 9.17) is 5.73 Å². The standard InChI is InChI=1S/C17H22F2N6O/c18-17(19)3-1-12(2-4-17)15(20)13-10-25-14(23-13)7-11(8-22-25)9-24-6-5-21-16(24)26/h7-8,10,12,15H,1-6,9,20H2,(H,21,26)/t15-/m0/s1. The molecule has 1 aliphatic carbocycles. The van der Waals surface area contributed by atoms with E-state index in [-0.39, 0.29) is 30.8 Å². The summed E-state index contributed by atoms with van der Waals surface area (Å²) in [7, 11) is 0. The molecule has 0 radical (unpaired) electrons. The minimum Gasteiger partial charge on any atom is -0.336 e. The number of nitrogens with one attached hydrogen (secondary N) is 1. The van der Waals surface area contributed by atoms with Crippen LogP contribution in [0, 0.1) is 5.92 Å². The van der Waals surface area contributed by atoms with E-state index in [2.05, 4.69) is 15.4 Å². The second-order valence-corrected chi connectivity index (χ2v) is 7.21. The maximum Gasteiger partial charge on any atom is 0.317 e. The summed E-state index contributed by atoms with van der Waals surface area (Å²) in [6.45, 7) is 1.79.